The molecule has 1 unspecified atom stereocenters. The molecule has 0 aromatic heterocycles. The lowest BCUT2D eigenvalue weighted by atomic mass is 10.1. The lowest BCUT2D eigenvalue weighted by molar-refractivity contribution is -0.547. The van der Waals surface area contributed by atoms with E-state index in [1.54, 1.807) is 11.8 Å². The van der Waals surface area contributed by atoms with Crippen LogP contribution in [-0.4, -0.2) is 46.4 Å². The maximum atomic E-state index is 14.4. The molecule has 174 valence electrons. The van der Waals surface area contributed by atoms with Gasteiger partial charge in [0.25, 0.3) is 0 Å². The van der Waals surface area contributed by atoms with Gasteiger partial charge in [0.15, 0.2) is 5.17 Å². The first kappa shape index (κ1) is 22.5. The average molecular weight is 471 g/mol. The Bertz CT molecular complexity index is 1190. The van der Waals surface area contributed by atoms with Crippen LogP contribution in [0.5, 0.6) is 0 Å². The molecule has 0 bridgehead atoms. The molecule has 0 amide bonds. The highest BCUT2D eigenvalue weighted by atomic mass is 32.2. The summed E-state index contributed by atoms with van der Waals surface area (Å²) in [6.45, 7) is 4.50. The summed E-state index contributed by atoms with van der Waals surface area (Å²) in [7, 11) is 0. The molecule has 5 rings (SSSR count). The Morgan fingerprint density at radius 1 is 0.912 bits per heavy atom. The molecular formula is C28H30N4OS. The zero-order chi connectivity index (χ0) is 23.5. The minimum atomic E-state index is -1.23. The summed E-state index contributed by atoms with van der Waals surface area (Å²) < 4.78 is 1.14. The van der Waals surface area contributed by atoms with Crippen molar-refractivity contribution in [1.82, 2.24) is 4.90 Å². The van der Waals surface area contributed by atoms with E-state index in [0.29, 0.717) is 6.54 Å². The van der Waals surface area contributed by atoms with Gasteiger partial charge in [-0.25, -0.2) is 0 Å². The normalized spacial score (nSPS) is 20.9. The summed E-state index contributed by atoms with van der Waals surface area (Å²) >= 11 is 1.62. The van der Waals surface area contributed by atoms with Gasteiger partial charge >= 0.3 is 5.79 Å². The van der Waals surface area contributed by atoms with Gasteiger partial charge in [0.2, 0.25) is 5.71 Å². The van der Waals surface area contributed by atoms with Gasteiger partial charge in [0.05, 0.1) is 5.56 Å². The molecule has 1 atom stereocenters. The number of hydrogen-bond acceptors (Lipinski definition) is 4. The molecule has 0 aliphatic carbocycles. The van der Waals surface area contributed by atoms with Crippen LogP contribution in [0.1, 0.15) is 29.5 Å². The Morgan fingerprint density at radius 2 is 1.53 bits per heavy atom. The number of amidine groups is 1. The van der Waals surface area contributed by atoms with Gasteiger partial charge in [-0.1, -0.05) is 65.9 Å². The maximum absolute atomic E-state index is 14.4. The number of anilines is 1. The van der Waals surface area contributed by atoms with Gasteiger partial charge < -0.3 is 10.1 Å². The van der Waals surface area contributed by atoms with Crippen LogP contribution in [0.15, 0.2) is 89.9 Å². The van der Waals surface area contributed by atoms with E-state index in [0.717, 1.165) is 58.4 Å². The zero-order valence-electron chi connectivity index (χ0n) is 19.7. The molecule has 0 radical (unpaired) electrons. The van der Waals surface area contributed by atoms with Crippen molar-refractivity contribution in [1.29, 1.82) is 0 Å². The number of benzene rings is 3. The summed E-state index contributed by atoms with van der Waals surface area (Å²) in [4.78, 5) is 9.81. The molecule has 1 saturated heterocycles. The quantitative estimate of drug-likeness (QED) is 0.220. The molecule has 2 heterocycles. The molecule has 0 spiro atoms. The highest BCUT2D eigenvalue weighted by molar-refractivity contribution is 8.13. The van der Waals surface area contributed by atoms with Gasteiger partial charge in [-0.05, 0) is 62.4 Å². The number of aliphatic imine (C=N–C) groups is 1. The first-order valence-electron chi connectivity index (χ1n) is 11.8. The maximum Gasteiger partial charge on any atom is 0.379 e. The standard InChI is InChI=1S/C28H30N4OS/c1-22-15-17-25(18-16-22)31-21-26(23-11-5-3-6-12-23)32(33)28(31,24-13-7-4-8-14-24)29-27(34-2)30-19-9-10-20-30/h3-8,11-18H,9-10,19-21H2,1-2H3/b29-27+. The summed E-state index contributed by atoms with van der Waals surface area (Å²) in [5.41, 5.74) is 4.67. The molecule has 1 fully saturated rings. The van der Waals surface area contributed by atoms with E-state index in [1.165, 1.54) is 5.56 Å². The van der Waals surface area contributed by atoms with Crippen LogP contribution in [0, 0.1) is 12.1 Å². The van der Waals surface area contributed by atoms with E-state index in [2.05, 4.69) is 47.2 Å². The Labute approximate surface area is 206 Å². The highest BCUT2D eigenvalue weighted by Crippen LogP contribution is 2.41. The second kappa shape index (κ2) is 9.55. The van der Waals surface area contributed by atoms with Crippen LogP contribution in [-0.2, 0) is 5.79 Å². The van der Waals surface area contributed by atoms with Crippen molar-refractivity contribution in [2.75, 3.05) is 30.8 Å². The minimum Gasteiger partial charge on any atom is -0.620 e. The van der Waals surface area contributed by atoms with Gasteiger partial charge in [-0.3, -0.25) is 4.90 Å². The Balaban J connectivity index is 1.78. The molecule has 6 heteroatoms. The fraction of sp³-hybridized carbons (Fsp3) is 0.286. The average Bonchev–Trinajstić information content (AvgIpc) is 3.52. The fourth-order valence-electron chi connectivity index (χ4n) is 4.85. The van der Waals surface area contributed by atoms with Crippen LogP contribution in [0.25, 0.3) is 0 Å². The van der Waals surface area contributed by atoms with E-state index in [-0.39, 0.29) is 0 Å². The van der Waals surface area contributed by atoms with Gasteiger partial charge in [0, 0.05) is 24.3 Å². The molecular weight excluding hydrogens is 440 g/mol. The first-order valence-corrected chi connectivity index (χ1v) is 13.0. The van der Waals surface area contributed by atoms with Gasteiger partial charge in [-0.2, -0.15) is 9.73 Å². The lowest BCUT2D eigenvalue weighted by Gasteiger charge is -2.35. The van der Waals surface area contributed by atoms with Crippen LogP contribution in [0.4, 0.5) is 5.69 Å². The number of rotatable bonds is 4. The zero-order valence-corrected chi connectivity index (χ0v) is 20.5. The molecule has 0 saturated carbocycles. The third-order valence-corrected chi connectivity index (χ3v) is 7.35. The number of nitrogens with zero attached hydrogens (tertiary/aromatic N) is 4. The van der Waals surface area contributed by atoms with E-state index in [9.17, 15) is 5.21 Å². The SMILES string of the molecule is CS/C(=N/C1(c2ccccc2)N(c2ccc(C)cc2)CC(c2ccccc2)=[N+]1[O-])N1CCCC1. The van der Waals surface area contributed by atoms with E-state index in [1.807, 2.05) is 60.7 Å². The van der Waals surface area contributed by atoms with Crippen molar-refractivity contribution in [3.8, 4) is 0 Å². The Morgan fingerprint density at radius 3 is 2.15 bits per heavy atom. The van der Waals surface area contributed by atoms with E-state index >= 15 is 0 Å². The van der Waals surface area contributed by atoms with Crippen molar-refractivity contribution >= 4 is 28.3 Å². The topological polar surface area (TPSA) is 44.9 Å². The molecule has 5 nitrogen and oxygen atoms in total. The van der Waals surface area contributed by atoms with Crippen LogP contribution < -0.4 is 4.90 Å². The van der Waals surface area contributed by atoms with E-state index < -0.39 is 5.79 Å². The van der Waals surface area contributed by atoms with Crippen LogP contribution >= 0.6 is 11.8 Å². The van der Waals surface area contributed by atoms with Crippen molar-refractivity contribution in [2.45, 2.75) is 25.6 Å². The predicted octanol–water partition coefficient (Wildman–Crippen LogP) is 5.44. The van der Waals surface area contributed by atoms with Crippen molar-refractivity contribution < 1.29 is 4.74 Å². The lowest BCUT2D eigenvalue weighted by Crippen LogP contribution is -2.48. The van der Waals surface area contributed by atoms with E-state index in [4.69, 9.17) is 4.99 Å². The summed E-state index contributed by atoms with van der Waals surface area (Å²) in [5.74, 6) is -1.23. The van der Waals surface area contributed by atoms with Crippen LogP contribution in [0.2, 0.25) is 0 Å². The third-order valence-electron chi connectivity index (χ3n) is 6.64. The third kappa shape index (κ3) is 3.96. The molecule has 34 heavy (non-hydrogen) atoms. The second-order valence-electron chi connectivity index (χ2n) is 8.82. The van der Waals surface area contributed by atoms with Gasteiger partial charge in [0.1, 0.15) is 6.54 Å². The predicted molar refractivity (Wildman–Crippen MR) is 143 cm³/mol. The van der Waals surface area contributed by atoms with Crippen molar-refractivity contribution in [2.24, 2.45) is 4.99 Å². The van der Waals surface area contributed by atoms with Crippen molar-refractivity contribution in [3.05, 3.63) is 107 Å². The smallest absolute Gasteiger partial charge is 0.379 e. The highest BCUT2D eigenvalue weighted by Gasteiger charge is 2.55. The molecule has 2 aliphatic rings. The van der Waals surface area contributed by atoms with Gasteiger partial charge in [-0.15, -0.1) is 0 Å². The number of likely N-dealkylation sites (tertiary alicyclic amines) is 1. The first-order chi connectivity index (χ1) is 16.6. The Kier molecular flexibility index (Phi) is 6.33. The number of thioether (sulfide) groups is 1. The summed E-state index contributed by atoms with van der Waals surface area (Å²) in [6, 6.07) is 28.3. The molecule has 3 aromatic rings. The van der Waals surface area contributed by atoms with Crippen LogP contribution in [0.3, 0.4) is 0 Å². The molecule has 0 N–H and O–H groups in total. The number of aryl methyl sites for hydroxylation is 1. The number of hydrogen-bond donors (Lipinski definition) is 0. The van der Waals surface area contributed by atoms with Crippen molar-refractivity contribution in [3.63, 3.8) is 0 Å². The summed E-state index contributed by atoms with van der Waals surface area (Å²) in [6.07, 6.45) is 4.36. The fourth-order valence-corrected chi connectivity index (χ4v) is 5.51. The monoisotopic (exact) mass is 470 g/mol. The molecule has 2 aliphatic heterocycles. The summed E-state index contributed by atoms with van der Waals surface area (Å²) in [5, 5.41) is 15.4. The minimum absolute atomic E-state index is 0.469. The number of hydroxylamine groups is 1. The second-order valence-corrected chi connectivity index (χ2v) is 9.60. The molecule has 3 aromatic carbocycles. The Hall–Kier alpha value is -3.25. The largest absolute Gasteiger partial charge is 0.620 e.